The fraction of sp³-hybridized carbons (Fsp3) is 0.562. The van der Waals surface area contributed by atoms with Crippen molar-refractivity contribution in [2.24, 2.45) is 5.84 Å². The van der Waals surface area contributed by atoms with Gasteiger partial charge in [0, 0.05) is 12.6 Å². The van der Waals surface area contributed by atoms with Crippen LogP contribution in [0.3, 0.4) is 0 Å². The van der Waals surface area contributed by atoms with Gasteiger partial charge in [-0.15, -0.1) is 0 Å². The molecule has 5 nitrogen and oxygen atoms in total. The van der Waals surface area contributed by atoms with Crippen LogP contribution in [0.4, 0.5) is 0 Å². The van der Waals surface area contributed by atoms with Gasteiger partial charge in [-0.1, -0.05) is 49.6 Å². The van der Waals surface area contributed by atoms with Crippen LogP contribution >= 0.6 is 0 Å². The number of nitrogens with one attached hydrogen (secondary N) is 1. The first-order chi connectivity index (χ1) is 10.3. The van der Waals surface area contributed by atoms with Crippen molar-refractivity contribution in [3.05, 3.63) is 35.9 Å². The Hall–Kier alpha value is -1.43. The third-order valence-electron chi connectivity index (χ3n) is 4.24. The molecular weight excluding hydrogens is 266 g/mol. The van der Waals surface area contributed by atoms with Crippen LogP contribution in [0.1, 0.15) is 43.7 Å². The molecule has 1 aliphatic carbocycles. The van der Waals surface area contributed by atoms with Crippen molar-refractivity contribution in [1.82, 2.24) is 10.3 Å². The number of nitrogens with zero attached hydrogens (tertiary/aromatic N) is 1. The first-order valence-corrected chi connectivity index (χ1v) is 7.70. The van der Waals surface area contributed by atoms with Gasteiger partial charge in [-0.2, -0.15) is 0 Å². The predicted molar refractivity (Wildman–Crippen MR) is 82.2 cm³/mol. The molecule has 1 atom stereocenters. The van der Waals surface area contributed by atoms with Crippen LogP contribution in [0.2, 0.25) is 0 Å². The molecule has 0 radical (unpaired) electrons. The second kappa shape index (κ2) is 8.12. The minimum absolute atomic E-state index is 0.0394. The Bertz CT molecular complexity index is 432. The van der Waals surface area contributed by atoms with Crippen molar-refractivity contribution < 1.29 is 9.90 Å². The van der Waals surface area contributed by atoms with E-state index < -0.39 is 6.04 Å². The summed E-state index contributed by atoms with van der Waals surface area (Å²) in [6.07, 6.45) is 5.75. The zero-order valence-corrected chi connectivity index (χ0v) is 12.4. The van der Waals surface area contributed by atoms with Crippen molar-refractivity contribution >= 4 is 5.91 Å². The molecule has 5 heteroatoms. The molecule has 1 saturated carbocycles. The molecule has 0 aliphatic heterocycles. The Kier molecular flexibility index (Phi) is 6.17. The Morgan fingerprint density at radius 2 is 1.95 bits per heavy atom. The van der Waals surface area contributed by atoms with Crippen molar-refractivity contribution in [1.29, 1.82) is 0 Å². The molecule has 1 aromatic rings. The number of aliphatic hydroxyl groups excluding tert-OH is 1. The summed E-state index contributed by atoms with van der Waals surface area (Å²) < 4.78 is 0. The summed E-state index contributed by atoms with van der Waals surface area (Å²) in [7, 11) is 0. The van der Waals surface area contributed by atoms with E-state index in [1.54, 1.807) is 0 Å². The number of hydrazine groups is 1. The molecule has 1 unspecified atom stereocenters. The van der Waals surface area contributed by atoms with E-state index >= 15 is 0 Å². The van der Waals surface area contributed by atoms with Gasteiger partial charge >= 0.3 is 0 Å². The zero-order valence-electron chi connectivity index (χ0n) is 12.4. The minimum atomic E-state index is -0.438. The summed E-state index contributed by atoms with van der Waals surface area (Å²) in [6.45, 7) is 0.523. The largest absolute Gasteiger partial charge is 0.395 e. The van der Waals surface area contributed by atoms with Gasteiger partial charge in [0.05, 0.1) is 6.61 Å². The van der Waals surface area contributed by atoms with Crippen molar-refractivity contribution in [2.75, 3.05) is 13.2 Å². The summed E-state index contributed by atoms with van der Waals surface area (Å²) in [6, 6.07) is 9.53. The number of nitrogens with two attached hydrogens (primary N) is 1. The zero-order chi connectivity index (χ0) is 15.1. The Morgan fingerprint density at radius 1 is 1.29 bits per heavy atom. The van der Waals surface area contributed by atoms with E-state index in [1.165, 1.54) is 19.3 Å². The van der Waals surface area contributed by atoms with E-state index in [2.05, 4.69) is 10.3 Å². The maximum Gasteiger partial charge on any atom is 0.255 e. The lowest BCUT2D eigenvalue weighted by Gasteiger charge is -2.38. The average molecular weight is 291 g/mol. The van der Waals surface area contributed by atoms with E-state index in [1.807, 2.05) is 30.3 Å². The van der Waals surface area contributed by atoms with E-state index in [9.17, 15) is 9.90 Å². The predicted octanol–water partition coefficient (Wildman–Crippen LogP) is 1.34. The highest BCUT2D eigenvalue weighted by Crippen LogP contribution is 2.30. The van der Waals surface area contributed by atoms with Gasteiger partial charge < -0.3 is 5.11 Å². The van der Waals surface area contributed by atoms with E-state index in [0.717, 1.165) is 18.4 Å². The summed E-state index contributed by atoms with van der Waals surface area (Å²) >= 11 is 0. The molecule has 116 valence electrons. The fourth-order valence-electron chi connectivity index (χ4n) is 3.26. The highest BCUT2D eigenvalue weighted by atomic mass is 16.3. The number of carbonyl (C=O) groups excluding carboxylic acids is 1. The van der Waals surface area contributed by atoms with Crippen LogP contribution in [-0.4, -0.2) is 35.1 Å². The second-order valence-corrected chi connectivity index (χ2v) is 5.58. The standard InChI is InChI=1S/C16H25N3O2/c17-18-16(21)15(13-7-3-1-4-8-13)19(11-12-20)14-9-5-2-6-10-14/h1,3-4,7-8,14-15,20H,2,5-6,9-12,17H2,(H,18,21). The average Bonchev–Trinajstić information content (AvgIpc) is 2.56. The summed E-state index contributed by atoms with van der Waals surface area (Å²) in [4.78, 5) is 14.4. The van der Waals surface area contributed by atoms with Gasteiger partial charge in [-0.05, 0) is 18.4 Å². The number of hydrogen-bond acceptors (Lipinski definition) is 4. The Balaban J connectivity index is 2.28. The molecule has 2 rings (SSSR count). The van der Waals surface area contributed by atoms with Gasteiger partial charge in [0.1, 0.15) is 6.04 Å². The summed E-state index contributed by atoms with van der Waals surface area (Å²) in [5.41, 5.74) is 3.20. The molecule has 1 aromatic carbocycles. The molecule has 1 amide bonds. The molecule has 0 aromatic heterocycles. The number of benzene rings is 1. The Morgan fingerprint density at radius 3 is 2.52 bits per heavy atom. The topological polar surface area (TPSA) is 78.6 Å². The number of amides is 1. The van der Waals surface area contributed by atoms with Gasteiger partial charge in [-0.25, -0.2) is 5.84 Å². The molecule has 0 saturated heterocycles. The monoisotopic (exact) mass is 291 g/mol. The maximum absolute atomic E-state index is 12.3. The summed E-state index contributed by atoms with van der Waals surface area (Å²) in [5, 5.41) is 9.41. The normalized spacial score (nSPS) is 17.7. The van der Waals surface area contributed by atoms with E-state index in [4.69, 9.17) is 5.84 Å². The highest BCUT2D eigenvalue weighted by Gasteiger charge is 2.32. The van der Waals surface area contributed by atoms with Crippen molar-refractivity contribution in [2.45, 2.75) is 44.2 Å². The number of hydrogen-bond donors (Lipinski definition) is 3. The lowest BCUT2D eigenvalue weighted by Crippen LogP contribution is -2.49. The molecule has 21 heavy (non-hydrogen) atoms. The van der Waals surface area contributed by atoms with Crippen LogP contribution < -0.4 is 11.3 Å². The lowest BCUT2D eigenvalue weighted by atomic mass is 9.91. The first kappa shape index (κ1) is 15.9. The molecule has 1 aliphatic rings. The lowest BCUT2D eigenvalue weighted by molar-refractivity contribution is -0.128. The molecular formula is C16H25N3O2. The molecule has 4 N–H and O–H groups in total. The van der Waals surface area contributed by atoms with E-state index in [0.29, 0.717) is 12.6 Å². The van der Waals surface area contributed by atoms with Gasteiger partial charge in [0.25, 0.3) is 5.91 Å². The Labute approximate surface area is 126 Å². The second-order valence-electron chi connectivity index (χ2n) is 5.58. The molecule has 0 heterocycles. The van der Waals surface area contributed by atoms with Gasteiger partial charge in [0.2, 0.25) is 0 Å². The smallest absolute Gasteiger partial charge is 0.255 e. The van der Waals surface area contributed by atoms with Crippen LogP contribution in [0.25, 0.3) is 0 Å². The highest BCUT2D eigenvalue weighted by molar-refractivity contribution is 5.82. The van der Waals surface area contributed by atoms with Crippen LogP contribution in [0.15, 0.2) is 30.3 Å². The fourth-order valence-corrected chi connectivity index (χ4v) is 3.26. The molecule has 1 fully saturated rings. The number of rotatable bonds is 6. The van der Waals surface area contributed by atoms with E-state index in [-0.39, 0.29) is 12.5 Å². The van der Waals surface area contributed by atoms with Crippen molar-refractivity contribution in [3.8, 4) is 0 Å². The van der Waals surface area contributed by atoms with Crippen LogP contribution in [-0.2, 0) is 4.79 Å². The number of aliphatic hydroxyl groups is 1. The third-order valence-corrected chi connectivity index (χ3v) is 4.24. The molecule has 0 spiro atoms. The SMILES string of the molecule is NNC(=O)C(c1ccccc1)N(CCO)C1CCCCC1. The third kappa shape index (κ3) is 4.03. The first-order valence-electron chi connectivity index (χ1n) is 7.70. The quantitative estimate of drug-likeness (QED) is 0.420. The van der Waals surface area contributed by atoms with Gasteiger partial charge in [-0.3, -0.25) is 15.1 Å². The minimum Gasteiger partial charge on any atom is -0.395 e. The van der Waals surface area contributed by atoms with Crippen molar-refractivity contribution in [3.63, 3.8) is 0 Å². The van der Waals surface area contributed by atoms with Crippen LogP contribution in [0.5, 0.6) is 0 Å². The van der Waals surface area contributed by atoms with Crippen LogP contribution in [0, 0.1) is 0 Å². The molecule has 0 bridgehead atoms. The number of carbonyl (C=O) groups is 1. The summed E-state index contributed by atoms with van der Waals surface area (Å²) in [5.74, 6) is 5.16. The van der Waals surface area contributed by atoms with Gasteiger partial charge in [0.15, 0.2) is 0 Å². The maximum atomic E-state index is 12.3.